The lowest BCUT2D eigenvalue weighted by Gasteiger charge is -2.17. The lowest BCUT2D eigenvalue weighted by Crippen LogP contribution is -2.41. The van der Waals surface area contributed by atoms with E-state index in [9.17, 15) is 9.90 Å². The number of hydrogen-bond donors (Lipinski definition) is 3. The normalized spacial score (nSPS) is 13.2. The zero-order chi connectivity index (χ0) is 16.7. The molecule has 2 rings (SSSR count). The fourth-order valence-electron chi connectivity index (χ4n) is 2.03. The van der Waals surface area contributed by atoms with Gasteiger partial charge in [0.25, 0.3) is 0 Å². The summed E-state index contributed by atoms with van der Waals surface area (Å²) < 4.78 is 5.74. The number of rotatable bonds is 7. The largest absolute Gasteiger partial charge is 0.489 e. The van der Waals surface area contributed by atoms with Crippen LogP contribution in [-0.2, 0) is 0 Å². The minimum Gasteiger partial charge on any atom is -0.489 e. The van der Waals surface area contributed by atoms with Gasteiger partial charge in [-0.1, -0.05) is 12.1 Å². The predicted molar refractivity (Wildman–Crippen MR) is 91.9 cm³/mol. The van der Waals surface area contributed by atoms with Crippen LogP contribution in [-0.4, -0.2) is 30.3 Å². The molecule has 2 aromatic rings. The molecule has 0 spiro atoms. The van der Waals surface area contributed by atoms with Crippen LogP contribution < -0.4 is 15.4 Å². The number of urea groups is 1. The number of hydrogen-bond acceptors (Lipinski definition) is 4. The van der Waals surface area contributed by atoms with Gasteiger partial charge in [0.05, 0.1) is 12.6 Å². The zero-order valence-corrected chi connectivity index (χ0v) is 14.1. The molecule has 0 bridgehead atoms. The second-order valence-corrected chi connectivity index (χ2v) is 6.19. The first-order chi connectivity index (χ1) is 11.0. The summed E-state index contributed by atoms with van der Waals surface area (Å²) in [5.74, 6) is 0.785. The summed E-state index contributed by atoms with van der Waals surface area (Å²) in [6.45, 7) is 4.45. The minimum absolute atomic E-state index is 0.149. The van der Waals surface area contributed by atoms with E-state index in [-0.39, 0.29) is 18.7 Å². The highest BCUT2D eigenvalue weighted by Gasteiger charge is 2.11. The molecule has 0 radical (unpaired) electrons. The fourth-order valence-corrected chi connectivity index (χ4v) is 2.74. The van der Waals surface area contributed by atoms with Crippen LogP contribution in [0.5, 0.6) is 5.75 Å². The Kier molecular flexibility index (Phi) is 6.43. The van der Waals surface area contributed by atoms with Crippen LogP contribution in [0.1, 0.15) is 24.2 Å². The molecule has 1 aromatic carbocycles. The average Bonchev–Trinajstić information content (AvgIpc) is 3.05. The number of carbonyl (C=O) groups is 1. The van der Waals surface area contributed by atoms with Crippen molar-refractivity contribution in [1.29, 1.82) is 0 Å². The van der Waals surface area contributed by atoms with Crippen LogP contribution in [0.15, 0.2) is 41.1 Å². The monoisotopic (exact) mass is 334 g/mol. The molecule has 6 heteroatoms. The van der Waals surface area contributed by atoms with Crippen LogP contribution in [0, 0.1) is 6.92 Å². The van der Waals surface area contributed by atoms with Gasteiger partial charge in [-0.05, 0) is 53.9 Å². The number of ether oxygens (including phenoxy) is 1. The molecular weight excluding hydrogens is 312 g/mol. The van der Waals surface area contributed by atoms with Crippen molar-refractivity contribution in [3.05, 3.63) is 52.2 Å². The van der Waals surface area contributed by atoms with Crippen LogP contribution in [0.2, 0.25) is 0 Å². The lowest BCUT2D eigenvalue weighted by atomic mass is 10.2. The molecule has 0 aliphatic carbocycles. The van der Waals surface area contributed by atoms with Crippen molar-refractivity contribution in [3.8, 4) is 5.75 Å². The molecule has 23 heavy (non-hydrogen) atoms. The minimum atomic E-state index is -0.687. The molecule has 0 fully saturated rings. The number of thiophene rings is 1. The van der Waals surface area contributed by atoms with Gasteiger partial charge in [-0.25, -0.2) is 4.79 Å². The second kappa shape index (κ2) is 8.55. The Bertz CT molecular complexity index is 616. The van der Waals surface area contributed by atoms with Crippen LogP contribution in [0.4, 0.5) is 4.79 Å². The van der Waals surface area contributed by atoms with E-state index in [4.69, 9.17) is 4.74 Å². The van der Waals surface area contributed by atoms with E-state index in [1.165, 1.54) is 11.3 Å². The van der Waals surface area contributed by atoms with Crippen LogP contribution >= 0.6 is 11.3 Å². The third kappa shape index (κ3) is 5.92. The summed E-state index contributed by atoms with van der Waals surface area (Å²) >= 11 is 1.51. The van der Waals surface area contributed by atoms with Crippen molar-refractivity contribution in [2.75, 3.05) is 13.1 Å². The quantitative estimate of drug-likeness (QED) is 0.729. The summed E-state index contributed by atoms with van der Waals surface area (Å²) in [6, 6.07) is 9.30. The van der Waals surface area contributed by atoms with E-state index in [2.05, 4.69) is 10.6 Å². The first-order valence-electron chi connectivity index (χ1n) is 7.50. The number of nitrogens with one attached hydrogen (secondary N) is 2. The number of aliphatic hydroxyl groups is 1. The Morgan fingerprint density at radius 1 is 1.30 bits per heavy atom. The molecule has 5 nitrogen and oxygen atoms in total. The Labute approximate surface area is 140 Å². The maximum Gasteiger partial charge on any atom is 0.315 e. The maximum atomic E-state index is 11.7. The summed E-state index contributed by atoms with van der Waals surface area (Å²) in [4.78, 5) is 11.7. The third-order valence-electron chi connectivity index (χ3n) is 3.26. The van der Waals surface area contributed by atoms with Gasteiger partial charge in [0, 0.05) is 6.54 Å². The second-order valence-electron chi connectivity index (χ2n) is 5.41. The molecule has 0 saturated carbocycles. The number of aryl methyl sites for hydroxylation is 1. The summed E-state index contributed by atoms with van der Waals surface area (Å²) in [5, 5.41) is 19.0. The van der Waals surface area contributed by atoms with Gasteiger partial charge in [-0.15, -0.1) is 0 Å². The number of aliphatic hydroxyl groups excluding tert-OH is 1. The van der Waals surface area contributed by atoms with Crippen molar-refractivity contribution in [2.24, 2.45) is 0 Å². The molecule has 2 amide bonds. The molecular formula is C17H22N2O3S. The zero-order valence-electron chi connectivity index (χ0n) is 13.3. The van der Waals surface area contributed by atoms with E-state index < -0.39 is 6.10 Å². The number of amides is 2. The van der Waals surface area contributed by atoms with E-state index in [0.717, 1.165) is 16.9 Å². The Morgan fingerprint density at radius 2 is 2.09 bits per heavy atom. The number of carbonyl (C=O) groups excluding carboxylic acids is 1. The van der Waals surface area contributed by atoms with Gasteiger partial charge in [0.1, 0.15) is 11.9 Å². The SMILES string of the molecule is Cc1cccc(OC(C)CNC(=O)NCC(O)c2ccsc2)c1. The van der Waals surface area contributed by atoms with E-state index >= 15 is 0 Å². The van der Waals surface area contributed by atoms with Gasteiger partial charge >= 0.3 is 6.03 Å². The van der Waals surface area contributed by atoms with Gasteiger partial charge < -0.3 is 20.5 Å². The first-order valence-corrected chi connectivity index (χ1v) is 8.44. The molecule has 0 aliphatic heterocycles. The Morgan fingerprint density at radius 3 is 2.78 bits per heavy atom. The van der Waals surface area contributed by atoms with Gasteiger partial charge in [-0.2, -0.15) is 11.3 Å². The van der Waals surface area contributed by atoms with Crippen LogP contribution in [0.25, 0.3) is 0 Å². The molecule has 2 atom stereocenters. The van der Waals surface area contributed by atoms with Crippen molar-refractivity contribution in [1.82, 2.24) is 10.6 Å². The Hall–Kier alpha value is -2.05. The standard InChI is InChI=1S/C17H22N2O3S/c1-12-4-3-5-15(8-12)22-13(2)9-18-17(21)19-10-16(20)14-6-7-23-11-14/h3-8,11,13,16,20H,9-10H2,1-2H3,(H2,18,19,21). The van der Waals surface area contributed by atoms with Gasteiger partial charge in [0.15, 0.2) is 0 Å². The van der Waals surface area contributed by atoms with E-state index in [0.29, 0.717) is 6.54 Å². The highest BCUT2D eigenvalue weighted by atomic mass is 32.1. The summed E-state index contributed by atoms with van der Waals surface area (Å²) in [5.41, 5.74) is 1.94. The topological polar surface area (TPSA) is 70.6 Å². The highest BCUT2D eigenvalue weighted by Crippen LogP contribution is 2.15. The van der Waals surface area contributed by atoms with Crippen molar-refractivity contribution < 1.29 is 14.6 Å². The maximum absolute atomic E-state index is 11.7. The number of benzene rings is 1. The molecule has 2 unspecified atom stereocenters. The third-order valence-corrected chi connectivity index (χ3v) is 3.96. The highest BCUT2D eigenvalue weighted by molar-refractivity contribution is 7.07. The lowest BCUT2D eigenvalue weighted by molar-refractivity contribution is 0.171. The summed E-state index contributed by atoms with van der Waals surface area (Å²) in [7, 11) is 0. The average molecular weight is 334 g/mol. The molecule has 124 valence electrons. The van der Waals surface area contributed by atoms with Crippen molar-refractivity contribution in [2.45, 2.75) is 26.1 Å². The molecule has 0 saturated heterocycles. The van der Waals surface area contributed by atoms with Crippen LogP contribution in [0.3, 0.4) is 0 Å². The predicted octanol–water partition coefficient (Wildman–Crippen LogP) is 2.86. The first kappa shape index (κ1) is 17.3. The van der Waals surface area contributed by atoms with E-state index in [1.54, 1.807) is 0 Å². The molecule has 3 N–H and O–H groups in total. The molecule has 1 heterocycles. The van der Waals surface area contributed by atoms with Crippen molar-refractivity contribution >= 4 is 17.4 Å². The molecule has 1 aromatic heterocycles. The summed E-state index contributed by atoms with van der Waals surface area (Å²) in [6.07, 6.45) is -0.836. The van der Waals surface area contributed by atoms with Crippen molar-refractivity contribution in [3.63, 3.8) is 0 Å². The van der Waals surface area contributed by atoms with E-state index in [1.807, 2.05) is 54.9 Å². The smallest absolute Gasteiger partial charge is 0.315 e. The molecule has 0 aliphatic rings. The van der Waals surface area contributed by atoms with Gasteiger partial charge in [0.2, 0.25) is 0 Å². The van der Waals surface area contributed by atoms with Gasteiger partial charge in [-0.3, -0.25) is 0 Å². The Balaban J connectivity index is 1.67. The fraction of sp³-hybridized carbons (Fsp3) is 0.353.